The van der Waals surface area contributed by atoms with Crippen molar-refractivity contribution in [1.29, 1.82) is 0 Å². The number of fused-ring (bicyclic) bond motifs is 1. The van der Waals surface area contributed by atoms with E-state index in [0.717, 1.165) is 5.39 Å². The molecule has 0 bridgehead atoms. The van der Waals surface area contributed by atoms with Gasteiger partial charge in [-0.25, -0.2) is 0 Å². The molecule has 2 rings (SSSR count). The molecule has 1 aromatic heterocycles. The fourth-order valence-electron chi connectivity index (χ4n) is 1.07. The summed E-state index contributed by atoms with van der Waals surface area (Å²) >= 11 is 7.30. The maximum absolute atomic E-state index is 5.84. The Hall–Kier alpha value is -0.600. The van der Waals surface area contributed by atoms with E-state index in [1.54, 1.807) is 0 Å². The van der Waals surface area contributed by atoms with Crippen LogP contribution in [0.15, 0.2) is 18.2 Å². The minimum absolute atomic E-state index is 0.619. The van der Waals surface area contributed by atoms with Gasteiger partial charge in [0.2, 0.25) is 0 Å². The van der Waals surface area contributed by atoms with Crippen LogP contribution in [-0.2, 0) is 0 Å². The van der Waals surface area contributed by atoms with Crippen LogP contribution < -0.4 is 0 Å². The highest BCUT2D eigenvalue weighted by atomic mass is 35.5. The quantitative estimate of drug-likeness (QED) is 0.611. The van der Waals surface area contributed by atoms with Crippen molar-refractivity contribution in [3.63, 3.8) is 0 Å². The molecule has 0 amide bonds. The van der Waals surface area contributed by atoms with E-state index >= 15 is 0 Å². The van der Waals surface area contributed by atoms with Gasteiger partial charge in [-0.1, -0.05) is 29.8 Å². The van der Waals surface area contributed by atoms with Crippen molar-refractivity contribution in [1.82, 2.24) is 4.37 Å². The van der Waals surface area contributed by atoms with Gasteiger partial charge < -0.3 is 0 Å². The lowest BCUT2D eigenvalue weighted by molar-refractivity contribution is 1.55. The van der Waals surface area contributed by atoms with Crippen molar-refractivity contribution < 1.29 is 0 Å². The molecule has 1 heterocycles. The summed E-state index contributed by atoms with van der Waals surface area (Å²) in [7, 11) is 0. The molecular weight excluding hydrogens is 178 g/mol. The van der Waals surface area contributed by atoms with Crippen LogP contribution in [0.3, 0.4) is 0 Å². The maximum Gasteiger partial charge on any atom is 0.150 e. The zero-order valence-electron chi connectivity index (χ0n) is 5.97. The van der Waals surface area contributed by atoms with Crippen LogP contribution in [-0.4, -0.2) is 4.37 Å². The molecule has 0 radical (unpaired) electrons. The van der Waals surface area contributed by atoms with E-state index in [1.165, 1.54) is 21.8 Å². The fourth-order valence-corrected chi connectivity index (χ4v) is 2.13. The van der Waals surface area contributed by atoms with Gasteiger partial charge in [-0.15, -0.1) is 0 Å². The molecule has 0 saturated heterocycles. The van der Waals surface area contributed by atoms with Gasteiger partial charge in [0.25, 0.3) is 0 Å². The molecule has 56 valence electrons. The molecule has 1 aromatic carbocycles. The zero-order chi connectivity index (χ0) is 7.84. The maximum atomic E-state index is 5.84. The van der Waals surface area contributed by atoms with E-state index < -0.39 is 0 Å². The third-order valence-corrected chi connectivity index (χ3v) is 3.04. The van der Waals surface area contributed by atoms with Crippen molar-refractivity contribution in [3.05, 3.63) is 28.9 Å². The highest BCUT2D eigenvalue weighted by Gasteiger charge is 2.03. The molecule has 0 aliphatic carbocycles. The summed E-state index contributed by atoms with van der Waals surface area (Å²) in [5, 5.41) is 1.69. The van der Waals surface area contributed by atoms with Crippen molar-refractivity contribution in [2.75, 3.05) is 0 Å². The Morgan fingerprint density at radius 3 is 3.00 bits per heavy atom. The summed E-state index contributed by atoms with van der Waals surface area (Å²) in [6.45, 7) is 2.07. The SMILES string of the molecule is Cc1cccc2c(Cl)nsc12. The molecule has 0 aliphatic rings. The minimum Gasteiger partial charge on any atom is -0.180 e. The minimum atomic E-state index is 0.619. The fraction of sp³-hybridized carbons (Fsp3) is 0.125. The molecule has 11 heavy (non-hydrogen) atoms. The third kappa shape index (κ3) is 1.03. The van der Waals surface area contributed by atoms with Gasteiger partial charge in [-0.3, -0.25) is 0 Å². The third-order valence-electron chi connectivity index (χ3n) is 1.65. The predicted molar refractivity (Wildman–Crippen MR) is 49.4 cm³/mol. The zero-order valence-corrected chi connectivity index (χ0v) is 7.54. The van der Waals surface area contributed by atoms with Gasteiger partial charge in [-0.05, 0) is 24.0 Å². The Morgan fingerprint density at radius 2 is 2.27 bits per heavy atom. The van der Waals surface area contributed by atoms with E-state index in [2.05, 4.69) is 17.4 Å². The molecule has 0 unspecified atom stereocenters. The Bertz CT molecular complexity index is 394. The first kappa shape index (κ1) is 7.07. The molecule has 0 saturated carbocycles. The largest absolute Gasteiger partial charge is 0.180 e. The number of hydrogen-bond acceptors (Lipinski definition) is 2. The molecule has 2 aromatic rings. The lowest BCUT2D eigenvalue weighted by atomic mass is 10.2. The van der Waals surface area contributed by atoms with E-state index in [0.29, 0.717) is 5.15 Å². The molecule has 0 atom stereocenters. The number of hydrogen-bond donors (Lipinski definition) is 0. The first-order valence-corrected chi connectivity index (χ1v) is 4.44. The van der Waals surface area contributed by atoms with Crippen molar-refractivity contribution in [2.45, 2.75) is 6.92 Å². The summed E-state index contributed by atoms with van der Waals surface area (Å²) in [6, 6.07) is 6.06. The summed E-state index contributed by atoms with van der Waals surface area (Å²) in [5.74, 6) is 0. The Morgan fingerprint density at radius 1 is 1.45 bits per heavy atom. The number of benzene rings is 1. The summed E-state index contributed by atoms with van der Waals surface area (Å²) in [5.41, 5.74) is 1.24. The van der Waals surface area contributed by atoms with Gasteiger partial charge in [0.15, 0.2) is 5.15 Å². The highest BCUT2D eigenvalue weighted by Crippen LogP contribution is 2.28. The van der Waals surface area contributed by atoms with Crippen LogP contribution in [0.2, 0.25) is 5.15 Å². The van der Waals surface area contributed by atoms with E-state index in [9.17, 15) is 0 Å². The van der Waals surface area contributed by atoms with Crippen LogP contribution >= 0.6 is 23.1 Å². The van der Waals surface area contributed by atoms with Gasteiger partial charge in [0.1, 0.15) is 0 Å². The average molecular weight is 184 g/mol. The Balaban J connectivity index is 2.94. The standard InChI is InChI=1S/C8H6ClNS/c1-5-3-2-4-6-7(5)11-10-8(6)9/h2-4H,1H3. The number of aryl methyl sites for hydroxylation is 1. The van der Waals surface area contributed by atoms with Crippen molar-refractivity contribution in [3.8, 4) is 0 Å². The Labute approximate surface area is 73.8 Å². The van der Waals surface area contributed by atoms with E-state index in [4.69, 9.17) is 11.6 Å². The van der Waals surface area contributed by atoms with Crippen molar-refractivity contribution >= 4 is 33.2 Å². The van der Waals surface area contributed by atoms with Crippen LogP contribution in [0.1, 0.15) is 5.56 Å². The molecule has 3 heteroatoms. The van der Waals surface area contributed by atoms with E-state index in [-0.39, 0.29) is 0 Å². The summed E-state index contributed by atoms with van der Waals surface area (Å²) in [4.78, 5) is 0. The molecular formula is C8H6ClNS. The number of aromatic nitrogens is 1. The number of rotatable bonds is 0. The van der Waals surface area contributed by atoms with Gasteiger partial charge >= 0.3 is 0 Å². The van der Waals surface area contributed by atoms with Gasteiger partial charge in [0, 0.05) is 5.39 Å². The molecule has 0 fully saturated rings. The molecule has 0 spiro atoms. The number of nitrogens with zero attached hydrogens (tertiary/aromatic N) is 1. The van der Waals surface area contributed by atoms with E-state index in [1.807, 2.05) is 12.1 Å². The first-order valence-electron chi connectivity index (χ1n) is 3.29. The van der Waals surface area contributed by atoms with Crippen molar-refractivity contribution in [2.24, 2.45) is 0 Å². The summed E-state index contributed by atoms with van der Waals surface area (Å²) < 4.78 is 5.26. The topological polar surface area (TPSA) is 12.9 Å². The molecule has 1 nitrogen and oxygen atoms in total. The smallest absolute Gasteiger partial charge is 0.150 e. The highest BCUT2D eigenvalue weighted by molar-refractivity contribution is 7.14. The monoisotopic (exact) mass is 183 g/mol. The Kier molecular flexibility index (Phi) is 1.59. The first-order chi connectivity index (χ1) is 5.29. The normalized spacial score (nSPS) is 10.7. The lowest BCUT2D eigenvalue weighted by Gasteiger charge is -1.91. The lowest BCUT2D eigenvalue weighted by Crippen LogP contribution is -1.69. The van der Waals surface area contributed by atoms with Crippen LogP contribution in [0.5, 0.6) is 0 Å². The molecule has 0 aliphatic heterocycles. The second kappa shape index (κ2) is 2.47. The van der Waals surface area contributed by atoms with Gasteiger partial charge in [-0.2, -0.15) is 4.37 Å². The van der Waals surface area contributed by atoms with Crippen LogP contribution in [0, 0.1) is 6.92 Å². The number of halogens is 1. The molecule has 0 N–H and O–H groups in total. The predicted octanol–water partition coefficient (Wildman–Crippen LogP) is 3.26. The summed E-state index contributed by atoms with van der Waals surface area (Å²) in [6.07, 6.45) is 0. The van der Waals surface area contributed by atoms with Crippen LogP contribution in [0.4, 0.5) is 0 Å². The van der Waals surface area contributed by atoms with Gasteiger partial charge in [0.05, 0.1) is 4.70 Å². The second-order valence-electron chi connectivity index (χ2n) is 2.42. The average Bonchev–Trinajstić information content (AvgIpc) is 2.35. The second-order valence-corrected chi connectivity index (χ2v) is 3.56. The van der Waals surface area contributed by atoms with Crippen LogP contribution in [0.25, 0.3) is 10.1 Å².